The highest BCUT2D eigenvalue weighted by molar-refractivity contribution is 7.99. The van der Waals surface area contributed by atoms with Crippen LogP contribution in [0.2, 0.25) is 0 Å². The zero-order valence-electron chi connectivity index (χ0n) is 15.1. The smallest absolute Gasteiger partial charge is 0.249 e. The maximum absolute atomic E-state index is 13.2. The van der Waals surface area contributed by atoms with Crippen LogP contribution in [-0.2, 0) is 4.79 Å². The molecule has 148 valence electrons. The number of nitrogens with one attached hydrogen (secondary N) is 1. The van der Waals surface area contributed by atoms with Crippen LogP contribution in [-0.4, -0.2) is 56.7 Å². The molecular formula is C18H23ClF2N4OS. The fourth-order valence-electron chi connectivity index (χ4n) is 2.91. The maximum Gasteiger partial charge on any atom is 0.249 e. The Bertz CT molecular complexity index is 675. The summed E-state index contributed by atoms with van der Waals surface area (Å²) >= 11 is 7.31. The lowest BCUT2D eigenvalue weighted by Gasteiger charge is -2.27. The first kappa shape index (κ1) is 21.8. The quantitative estimate of drug-likeness (QED) is 0.601. The van der Waals surface area contributed by atoms with Gasteiger partial charge in [0.2, 0.25) is 11.8 Å². The third kappa shape index (κ3) is 6.84. The largest absolute Gasteiger partial charge is 0.328 e. The highest BCUT2D eigenvalue weighted by Crippen LogP contribution is 2.40. The molecule has 1 aromatic rings. The first-order chi connectivity index (χ1) is 12.8. The number of alkyl halides is 2. The van der Waals surface area contributed by atoms with Crippen molar-refractivity contribution in [2.75, 3.05) is 12.3 Å². The highest BCUT2D eigenvalue weighted by atomic mass is 35.5. The minimum absolute atomic E-state index is 0.0734. The Morgan fingerprint density at radius 1 is 1.63 bits per heavy atom. The van der Waals surface area contributed by atoms with E-state index in [2.05, 4.69) is 9.98 Å². The van der Waals surface area contributed by atoms with Gasteiger partial charge in [0.05, 0.1) is 11.9 Å². The second kappa shape index (κ2) is 10.1. The summed E-state index contributed by atoms with van der Waals surface area (Å²) in [5, 5.41) is 7.47. The number of carbonyl (C=O) groups excluding carboxylic acids is 1. The molecule has 0 aliphatic heterocycles. The van der Waals surface area contributed by atoms with Crippen molar-refractivity contribution in [3.05, 3.63) is 24.5 Å². The van der Waals surface area contributed by atoms with Crippen molar-refractivity contribution < 1.29 is 13.6 Å². The first-order valence-corrected chi connectivity index (χ1v) is 10.2. The van der Waals surface area contributed by atoms with Crippen LogP contribution in [0.5, 0.6) is 0 Å². The van der Waals surface area contributed by atoms with Crippen LogP contribution in [0.25, 0.3) is 0 Å². The zero-order valence-corrected chi connectivity index (χ0v) is 16.6. The van der Waals surface area contributed by atoms with Crippen molar-refractivity contribution in [1.29, 1.82) is 5.41 Å². The molecule has 5 nitrogen and oxygen atoms in total. The van der Waals surface area contributed by atoms with Crippen molar-refractivity contribution in [2.24, 2.45) is 4.99 Å². The Labute approximate surface area is 167 Å². The van der Waals surface area contributed by atoms with Crippen LogP contribution >= 0.6 is 23.4 Å². The normalized spacial score (nSPS) is 19.9. The van der Waals surface area contributed by atoms with E-state index >= 15 is 0 Å². The molecule has 1 aliphatic rings. The summed E-state index contributed by atoms with van der Waals surface area (Å²) in [5.74, 6) is -2.28. The van der Waals surface area contributed by atoms with Gasteiger partial charge < -0.3 is 4.90 Å². The third-order valence-corrected chi connectivity index (χ3v) is 5.83. The van der Waals surface area contributed by atoms with Gasteiger partial charge in [-0.05, 0) is 25.5 Å². The molecule has 0 bridgehead atoms. The number of amides is 1. The molecule has 27 heavy (non-hydrogen) atoms. The lowest BCUT2D eigenvalue weighted by Crippen LogP contribution is -2.44. The van der Waals surface area contributed by atoms with E-state index in [9.17, 15) is 13.6 Å². The number of nitrogens with zero attached hydrogens (tertiary/aromatic N) is 3. The number of thioether (sulfide) groups is 1. The van der Waals surface area contributed by atoms with Crippen molar-refractivity contribution in [3.8, 4) is 0 Å². The molecule has 9 heteroatoms. The van der Waals surface area contributed by atoms with Gasteiger partial charge in [0.25, 0.3) is 0 Å². The predicted molar refractivity (Wildman–Crippen MR) is 107 cm³/mol. The van der Waals surface area contributed by atoms with Crippen LogP contribution in [0.15, 0.2) is 29.5 Å². The van der Waals surface area contributed by atoms with Crippen molar-refractivity contribution in [1.82, 2.24) is 9.88 Å². The van der Waals surface area contributed by atoms with Crippen LogP contribution in [0.4, 0.5) is 14.5 Å². The topological polar surface area (TPSA) is 69.4 Å². The number of carbonyl (C=O) groups is 1. The molecule has 1 aromatic heterocycles. The average molecular weight is 417 g/mol. The molecule has 1 N–H and O–H groups in total. The van der Waals surface area contributed by atoms with E-state index < -0.39 is 12.0 Å². The van der Waals surface area contributed by atoms with Gasteiger partial charge in [-0.3, -0.25) is 20.2 Å². The van der Waals surface area contributed by atoms with E-state index in [0.29, 0.717) is 24.4 Å². The maximum atomic E-state index is 13.2. The molecule has 2 rings (SSSR count). The van der Waals surface area contributed by atoms with Gasteiger partial charge in [-0.15, -0.1) is 0 Å². The second-order valence-electron chi connectivity index (χ2n) is 6.30. The van der Waals surface area contributed by atoms with Gasteiger partial charge in [-0.2, -0.15) is 11.8 Å². The number of aliphatic imine (C=N–C) groups is 1. The molecule has 2 atom stereocenters. The molecule has 0 spiro atoms. The Hall–Kier alpha value is -1.54. The van der Waals surface area contributed by atoms with Crippen LogP contribution < -0.4 is 0 Å². The van der Waals surface area contributed by atoms with E-state index in [-0.39, 0.29) is 35.6 Å². The molecule has 0 aromatic carbocycles. The third-order valence-electron chi connectivity index (χ3n) is 4.30. The monoisotopic (exact) mass is 416 g/mol. The van der Waals surface area contributed by atoms with E-state index in [4.69, 9.17) is 17.0 Å². The van der Waals surface area contributed by atoms with Crippen LogP contribution in [0.1, 0.15) is 32.6 Å². The van der Waals surface area contributed by atoms with Gasteiger partial charge in [-0.25, -0.2) is 8.78 Å². The Balaban J connectivity index is 1.92. The number of halogens is 3. The summed E-state index contributed by atoms with van der Waals surface area (Å²) in [7, 11) is 0. The first-order valence-electron chi connectivity index (χ1n) is 8.79. The van der Waals surface area contributed by atoms with E-state index in [1.54, 1.807) is 31.5 Å². The van der Waals surface area contributed by atoms with Gasteiger partial charge >= 0.3 is 0 Å². The fraction of sp³-hybridized carbons (Fsp3) is 0.556. The van der Waals surface area contributed by atoms with E-state index in [1.807, 2.05) is 0 Å². The summed E-state index contributed by atoms with van der Waals surface area (Å²) < 4.78 is 26.5. The predicted octanol–water partition coefficient (Wildman–Crippen LogP) is 4.53. The Morgan fingerprint density at radius 2 is 2.41 bits per heavy atom. The Kier molecular flexibility index (Phi) is 8.16. The fourth-order valence-corrected chi connectivity index (χ4v) is 4.35. The molecule has 1 saturated carbocycles. The minimum atomic E-state index is -2.57. The number of hydrogen-bond donors (Lipinski definition) is 1. The van der Waals surface area contributed by atoms with Crippen LogP contribution in [0, 0.1) is 5.41 Å². The molecule has 1 fully saturated rings. The zero-order chi connectivity index (χ0) is 19.9. The van der Waals surface area contributed by atoms with Gasteiger partial charge in [0, 0.05) is 49.2 Å². The van der Waals surface area contributed by atoms with E-state index in [0.717, 1.165) is 0 Å². The van der Waals surface area contributed by atoms with Crippen molar-refractivity contribution >= 4 is 46.3 Å². The minimum Gasteiger partial charge on any atom is -0.328 e. The standard InChI is InChI=1S/C18H23ClF2N4OS/c1-2-25(15(17(19)22)12-24-13-4-3-8-23-11-13)16(26)6-9-27-14-5-7-18(20,21)10-14/h3-4,8,11-12,14-15,22H,2,5-7,9-10H2,1H3. The number of aromatic nitrogens is 1. The van der Waals surface area contributed by atoms with Gasteiger partial charge in [0.15, 0.2) is 0 Å². The van der Waals surface area contributed by atoms with Gasteiger partial charge in [0.1, 0.15) is 11.2 Å². The second-order valence-corrected chi connectivity index (χ2v) is 8.12. The molecule has 0 saturated heterocycles. The molecule has 0 radical (unpaired) electrons. The average Bonchev–Trinajstić information content (AvgIpc) is 2.97. The summed E-state index contributed by atoms with van der Waals surface area (Å²) in [6.45, 7) is 2.16. The summed E-state index contributed by atoms with van der Waals surface area (Å²) in [5.41, 5.74) is 0.599. The van der Waals surface area contributed by atoms with Crippen LogP contribution in [0.3, 0.4) is 0 Å². The molecule has 1 aliphatic carbocycles. The molecule has 1 amide bonds. The highest BCUT2D eigenvalue weighted by Gasteiger charge is 2.39. The Morgan fingerprint density at radius 3 is 2.96 bits per heavy atom. The molecule has 1 heterocycles. The van der Waals surface area contributed by atoms with Crippen molar-refractivity contribution in [2.45, 2.75) is 49.8 Å². The summed E-state index contributed by atoms with van der Waals surface area (Å²) in [6, 6.07) is 2.73. The van der Waals surface area contributed by atoms with Gasteiger partial charge in [-0.1, -0.05) is 11.6 Å². The lowest BCUT2D eigenvalue weighted by atomic mass is 10.2. The summed E-state index contributed by atoms with van der Waals surface area (Å²) in [6.07, 6.45) is 5.15. The number of pyridine rings is 1. The molecule has 2 unspecified atom stereocenters. The SMILES string of the molecule is CCN(C(=O)CCSC1CCC(F)(F)C1)C(C=Nc1cccnc1)C(=N)Cl. The van der Waals surface area contributed by atoms with Crippen molar-refractivity contribution in [3.63, 3.8) is 0 Å². The number of rotatable bonds is 9. The number of hydrogen-bond acceptors (Lipinski definition) is 5. The summed E-state index contributed by atoms with van der Waals surface area (Å²) in [4.78, 5) is 22.2. The lowest BCUT2D eigenvalue weighted by molar-refractivity contribution is -0.130. The molecular weight excluding hydrogens is 394 g/mol. The van der Waals surface area contributed by atoms with E-state index in [1.165, 1.54) is 22.9 Å².